The molecule has 6 heteroatoms. The molecule has 0 unspecified atom stereocenters. The fourth-order valence-electron chi connectivity index (χ4n) is 3.07. The van der Waals surface area contributed by atoms with Crippen molar-refractivity contribution in [3.8, 4) is 0 Å². The topological polar surface area (TPSA) is 70.7 Å². The lowest BCUT2D eigenvalue weighted by atomic mass is 10.0. The molecule has 1 aliphatic heterocycles. The molecule has 2 N–H and O–H groups in total. The molecule has 0 bridgehead atoms. The summed E-state index contributed by atoms with van der Waals surface area (Å²) < 4.78 is 5.43. The molecule has 0 saturated carbocycles. The predicted octanol–water partition coefficient (Wildman–Crippen LogP) is 2.12. The van der Waals surface area contributed by atoms with E-state index >= 15 is 0 Å². The van der Waals surface area contributed by atoms with Gasteiger partial charge in [0.2, 0.25) is 5.91 Å². The molecule has 2 rings (SSSR count). The van der Waals surface area contributed by atoms with E-state index in [2.05, 4.69) is 29.4 Å². The van der Waals surface area contributed by atoms with Crippen molar-refractivity contribution in [2.45, 2.75) is 33.2 Å². The Balaban J connectivity index is 1.91. The van der Waals surface area contributed by atoms with E-state index < -0.39 is 0 Å². The fraction of sp³-hybridized carbons (Fsp3) is 0.579. The van der Waals surface area contributed by atoms with E-state index in [4.69, 9.17) is 4.74 Å². The highest BCUT2D eigenvalue weighted by Crippen LogP contribution is 2.14. The molecule has 2 amide bonds. The van der Waals surface area contributed by atoms with Crippen LogP contribution >= 0.6 is 0 Å². The first-order valence-corrected chi connectivity index (χ1v) is 8.93. The Kier molecular flexibility index (Phi) is 7.40. The first-order valence-electron chi connectivity index (χ1n) is 8.93. The molecule has 0 radical (unpaired) electrons. The van der Waals surface area contributed by atoms with Crippen LogP contribution in [0.25, 0.3) is 0 Å². The summed E-state index contributed by atoms with van der Waals surface area (Å²) in [4.78, 5) is 25.9. The molecule has 25 heavy (non-hydrogen) atoms. The molecule has 1 aliphatic rings. The number of hydrogen-bond donors (Lipinski definition) is 2. The van der Waals surface area contributed by atoms with Gasteiger partial charge in [-0.2, -0.15) is 0 Å². The Morgan fingerprint density at radius 1 is 1.16 bits per heavy atom. The Morgan fingerprint density at radius 2 is 1.80 bits per heavy atom. The molecule has 0 aromatic heterocycles. The summed E-state index contributed by atoms with van der Waals surface area (Å²) in [7, 11) is 0. The number of anilines is 1. The van der Waals surface area contributed by atoms with Crippen molar-refractivity contribution in [3.63, 3.8) is 0 Å². The Labute approximate surface area is 149 Å². The molecule has 0 spiro atoms. The highest BCUT2D eigenvalue weighted by Gasteiger charge is 2.22. The molecular formula is C19H29N3O3. The van der Waals surface area contributed by atoms with Crippen LogP contribution in [0.1, 0.15) is 37.6 Å². The third kappa shape index (κ3) is 6.48. The van der Waals surface area contributed by atoms with Gasteiger partial charge in [-0.25, -0.2) is 0 Å². The Morgan fingerprint density at radius 3 is 2.36 bits per heavy atom. The molecule has 1 saturated heterocycles. The monoisotopic (exact) mass is 347 g/mol. The number of morpholine rings is 1. The molecule has 1 atom stereocenters. The van der Waals surface area contributed by atoms with Crippen LogP contribution in [0.2, 0.25) is 0 Å². The van der Waals surface area contributed by atoms with E-state index in [1.807, 2.05) is 0 Å². The zero-order valence-corrected chi connectivity index (χ0v) is 15.4. The third-order valence-electron chi connectivity index (χ3n) is 4.27. The van der Waals surface area contributed by atoms with Crippen LogP contribution in [0, 0.1) is 5.92 Å². The average molecular weight is 347 g/mol. The van der Waals surface area contributed by atoms with E-state index in [0.717, 1.165) is 32.7 Å². The highest BCUT2D eigenvalue weighted by molar-refractivity contribution is 5.95. The van der Waals surface area contributed by atoms with Gasteiger partial charge in [-0.1, -0.05) is 13.8 Å². The maximum Gasteiger partial charge on any atom is 0.251 e. The predicted molar refractivity (Wildman–Crippen MR) is 98.7 cm³/mol. The molecule has 1 aromatic carbocycles. The van der Waals surface area contributed by atoms with Crippen molar-refractivity contribution in [3.05, 3.63) is 29.8 Å². The molecule has 6 nitrogen and oxygen atoms in total. The number of benzene rings is 1. The van der Waals surface area contributed by atoms with Gasteiger partial charge in [0, 0.05) is 43.9 Å². The number of hydrogen-bond acceptors (Lipinski definition) is 4. The van der Waals surface area contributed by atoms with E-state index in [9.17, 15) is 9.59 Å². The fourth-order valence-corrected chi connectivity index (χ4v) is 3.07. The number of nitrogens with one attached hydrogen (secondary N) is 2. The number of carbonyl (C=O) groups excluding carboxylic acids is 2. The molecular weight excluding hydrogens is 318 g/mol. The van der Waals surface area contributed by atoms with Crippen molar-refractivity contribution < 1.29 is 14.3 Å². The van der Waals surface area contributed by atoms with Gasteiger partial charge in [0.05, 0.1) is 13.2 Å². The lowest BCUT2D eigenvalue weighted by Crippen LogP contribution is -2.49. The summed E-state index contributed by atoms with van der Waals surface area (Å²) >= 11 is 0. The first-order chi connectivity index (χ1) is 12.0. The Bertz CT molecular complexity index is 566. The molecule has 0 aliphatic carbocycles. The van der Waals surface area contributed by atoms with Gasteiger partial charge >= 0.3 is 0 Å². The largest absolute Gasteiger partial charge is 0.379 e. The lowest BCUT2D eigenvalue weighted by molar-refractivity contribution is -0.114. The number of amides is 2. The van der Waals surface area contributed by atoms with Gasteiger partial charge in [-0.15, -0.1) is 0 Å². The van der Waals surface area contributed by atoms with Crippen LogP contribution in [0.15, 0.2) is 24.3 Å². The summed E-state index contributed by atoms with van der Waals surface area (Å²) in [5.74, 6) is 0.359. The van der Waals surface area contributed by atoms with E-state index in [0.29, 0.717) is 29.8 Å². The van der Waals surface area contributed by atoms with Crippen LogP contribution in [0.4, 0.5) is 5.69 Å². The second kappa shape index (κ2) is 9.53. The second-order valence-electron chi connectivity index (χ2n) is 6.90. The van der Waals surface area contributed by atoms with E-state index in [1.165, 1.54) is 6.92 Å². The van der Waals surface area contributed by atoms with Gasteiger partial charge in [-0.3, -0.25) is 14.5 Å². The molecule has 1 aromatic rings. The van der Waals surface area contributed by atoms with Crippen LogP contribution in [0.3, 0.4) is 0 Å². The average Bonchev–Trinajstić information content (AvgIpc) is 2.59. The van der Waals surface area contributed by atoms with Crippen molar-refractivity contribution in [1.82, 2.24) is 10.2 Å². The number of carbonyl (C=O) groups is 2. The minimum Gasteiger partial charge on any atom is -0.379 e. The smallest absolute Gasteiger partial charge is 0.251 e. The molecule has 1 heterocycles. The third-order valence-corrected chi connectivity index (χ3v) is 4.27. The first kappa shape index (κ1) is 19.4. The maximum absolute atomic E-state index is 12.4. The SMILES string of the molecule is CC(=O)Nc1ccc(C(=O)NC[C@@H](CC(C)C)N2CCOCC2)cc1. The summed E-state index contributed by atoms with van der Waals surface area (Å²) in [6, 6.07) is 7.26. The van der Waals surface area contributed by atoms with Gasteiger partial charge in [0.1, 0.15) is 0 Å². The lowest BCUT2D eigenvalue weighted by Gasteiger charge is -2.35. The number of nitrogens with zero attached hydrogens (tertiary/aromatic N) is 1. The van der Waals surface area contributed by atoms with Crippen molar-refractivity contribution in [1.29, 1.82) is 0 Å². The number of ether oxygens (including phenoxy) is 1. The van der Waals surface area contributed by atoms with E-state index in [-0.39, 0.29) is 11.8 Å². The number of rotatable bonds is 7. The summed E-state index contributed by atoms with van der Waals surface area (Å²) in [5, 5.41) is 5.75. The van der Waals surface area contributed by atoms with Crippen molar-refractivity contribution in [2.75, 3.05) is 38.2 Å². The summed E-state index contributed by atoms with van der Waals surface area (Å²) in [5.41, 5.74) is 1.29. The Hall–Kier alpha value is -1.92. The second-order valence-corrected chi connectivity index (χ2v) is 6.90. The van der Waals surface area contributed by atoms with Gasteiger partial charge in [0.25, 0.3) is 5.91 Å². The van der Waals surface area contributed by atoms with Crippen LogP contribution in [0.5, 0.6) is 0 Å². The zero-order valence-electron chi connectivity index (χ0n) is 15.4. The maximum atomic E-state index is 12.4. The highest BCUT2D eigenvalue weighted by atomic mass is 16.5. The normalized spacial score (nSPS) is 16.5. The summed E-state index contributed by atoms with van der Waals surface area (Å²) in [6.07, 6.45) is 1.04. The van der Waals surface area contributed by atoms with Gasteiger partial charge in [0.15, 0.2) is 0 Å². The van der Waals surface area contributed by atoms with Gasteiger partial charge in [-0.05, 0) is 36.6 Å². The van der Waals surface area contributed by atoms with Crippen LogP contribution < -0.4 is 10.6 Å². The van der Waals surface area contributed by atoms with Gasteiger partial charge < -0.3 is 15.4 Å². The minimum absolute atomic E-state index is 0.0867. The molecule has 1 fully saturated rings. The quantitative estimate of drug-likeness (QED) is 0.793. The van der Waals surface area contributed by atoms with Crippen LogP contribution in [-0.2, 0) is 9.53 Å². The van der Waals surface area contributed by atoms with Crippen LogP contribution in [-0.4, -0.2) is 55.6 Å². The molecule has 138 valence electrons. The van der Waals surface area contributed by atoms with E-state index in [1.54, 1.807) is 24.3 Å². The minimum atomic E-state index is -0.126. The van der Waals surface area contributed by atoms with Crippen molar-refractivity contribution in [2.24, 2.45) is 5.92 Å². The zero-order chi connectivity index (χ0) is 18.2. The summed E-state index contributed by atoms with van der Waals surface area (Å²) in [6.45, 7) is 9.84. The van der Waals surface area contributed by atoms with Crippen molar-refractivity contribution >= 4 is 17.5 Å². The standard InChI is InChI=1S/C19H29N3O3/c1-14(2)12-18(22-8-10-25-11-9-22)13-20-19(24)16-4-6-17(7-5-16)21-15(3)23/h4-7,14,18H,8-13H2,1-3H3,(H,20,24)(H,21,23)/t18-/m1/s1.